The van der Waals surface area contributed by atoms with Gasteiger partial charge in [-0.3, -0.25) is 9.59 Å². The number of rotatable bonds is 5. The molecule has 0 saturated carbocycles. The molecule has 2 N–H and O–H groups in total. The van der Waals surface area contributed by atoms with Crippen molar-refractivity contribution in [1.82, 2.24) is 4.90 Å². The van der Waals surface area contributed by atoms with E-state index >= 15 is 0 Å². The molecule has 1 fully saturated rings. The maximum absolute atomic E-state index is 13.0. The zero-order valence-electron chi connectivity index (χ0n) is 16.0. The molecule has 1 amide bonds. The zero-order chi connectivity index (χ0) is 21.3. The smallest absolute Gasteiger partial charge is 0.329 e. The van der Waals surface area contributed by atoms with Gasteiger partial charge in [0.15, 0.2) is 5.78 Å². The van der Waals surface area contributed by atoms with Gasteiger partial charge in [-0.05, 0) is 37.6 Å². The van der Waals surface area contributed by atoms with Gasteiger partial charge in [0.05, 0.1) is 24.3 Å². The van der Waals surface area contributed by atoms with Crippen LogP contribution in [0, 0.1) is 16.7 Å². The van der Waals surface area contributed by atoms with Crippen LogP contribution in [-0.2, 0) is 19.1 Å². The average Bonchev–Trinajstić information content (AvgIpc) is 2.99. The molecule has 7 nitrogen and oxygen atoms in total. The SMILES string of the molecule is CCOC(=O)[C@@H]1[C@H](c2ccc(Cl)cc2)[C@@](C#N)(C(C)=O)[C@@H]2C=CC(C(N)=O)=CN12. The van der Waals surface area contributed by atoms with Crippen molar-refractivity contribution in [3.8, 4) is 6.07 Å². The van der Waals surface area contributed by atoms with Crippen molar-refractivity contribution in [2.45, 2.75) is 31.8 Å². The van der Waals surface area contributed by atoms with Crippen LogP contribution >= 0.6 is 11.6 Å². The van der Waals surface area contributed by atoms with Crippen molar-refractivity contribution in [2.75, 3.05) is 6.61 Å². The number of carbonyl (C=O) groups excluding carboxylic acids is 3. The molecule has 1 aromatic rings. The quantitative estimate of drug-likeness (QED) is 0.739. The Hall–Kier alpha value is -3.11. The van der Waals surface area contributed by atoms with Crippen LogP contribution < -0.4 is 5.73 Å². The van der Waals surface area contributed by atoms with Crippen molar-refractivity contribution < 1.29 is 19.1 Å². The number of nitriles is 1. The molecule has 8 heteroatoms. The van der Waals surface area contributed by atoms with Gasteiger partial charge in [0, 0.05) is 17.1 Å². The van der Waals surface area contributed by atoms with E-state index < -0.39 is 35.3 Å². The number of halogens is 1. The largest absolute Gasteiger partial charge is 0.464 e. The minimum atomic E-state index is -1.57. The van der Waals surface area contributed by atoms with Crippen LogP contribution in [0.2, 0.25) is 5.02 Å². The predicted octanol–water partition coefficient (Wildman–Crippen LogP) is 2.08. The van der Waals surface area contributed by atoms with Crippen molar-refractivity contribution in [2.24, 2.45) is 11.1 Å². The Labute approximate surface area is 173 Å². The molecule has 2 aliphatic rings. The van der Waals surface area contributed by atoms with Gasteiger partial charge in [0.2, 0.25) is 5.91 Å². The molecule has 0 aromatic heterocycles. The number of amides is 1. The summed E-state index contributed by atoms with van der Waals surface area (Å²) in [5.74, 6) is -2.49. The Morgan fingerprint density at radius 3 is 2.48 bits per heavy atom. The Bertz CT molecular complexity index is 963. The lowest BCUT2D eigenvalue weighted by atomic mass is 9.66. The van der Waals surface area contributed by atoms with Crippen LogP contribution in [0.1, 0.15) is 25.3 Å². The average molecular weight is 414 g/mol. The van der Waals surface area contributed by atoms with Crippen molar-refractivity contribution in [3.63, 3.8) is 0 Å². The minimum absolute atomic E-state index is 0.128. The molecule has 29 heavy (non-hydrogen) atoms. The van der Waals surface area contributed by atoms with Gasteiger partial charge in [-0.25, -0.2) is 4.79 Å². The molecule has 150 valence electrons. The van der Waals surface area contributed by atoms with E-state index in [0.29, 0.717) is 10.6 Å². The zero-order valence-corrected chi connectivity index (χ0v) is 16.7. The number of Topliss-reactive ketones (excluding diaryl/α,β-unsaturated/α-hetero) is 1. The summed E-state index contributed by atoms with van der Waals surface area (Å²) in [5, 5.41) is 10.7. The first-order valence-corrected chi connectivity index (χ1v) is 9.47. The van der Waals surface area contributed by atoms with E-state index in [1.165, 1.54) is 19.2 Å². The second-order valence-electron chi connectivity index (χ2n) is 6.96. The van der Waals surface area contributed by atoms with Gasteiger partial charge in [0.25, 0.3) is 0 Å². The van der Waals surface area contributed by atoms with E-state index in [1.54, 1.807) is 42.2 Å². The van der Waals surface area contributed by atoms with E-state index in [2.05, 4.69) is 6.07 Å². The van der Waals surface area contributed by atoms with Crippen LogP contribution in [0.15, 0.2) is 48.2 Å². The van der Waals surface area contributed by atoms with Crippen LogP contribution in [-0.4, -0.2) is 41.3 Å². The fourth-order valence-corrected chi connectivity index (χ4v) is 4.34. The molecule has 1 aromatic carbocycles. The maximum atomic E-state index is 13.0. The third kappa shape index (κ3) is 3.19. The molecular formula is C21H20ClN3O4. The Kier molecular flexibility index (Phi) is 5.49. The fraction of sp³-hybridized carbons (Fsp3) is 0.333. The molecule has 0 unspecified atom stereocenters. The summed E-state index contributed by atoms with van der Waals surface area (Å²) in [5.41, 5.74) is 4.60. The van der Waals surface area contributed by atoms with Gasteiger partial charge in [-0.15, -0.1) is 0 Å². The highest BCUT2D eigenvalue weighted by molar-refractivity contribution is 6.30. The first kappa shape index (κ1) is 20.6. The number of carbonyl (C=O) groups is 3. The van der Waals surface area contributed by atoms with E-state index in [4.69, 9.17) is 22.1 Å². The second-order valence-corrected chi connectivity index (χ2v) is 7.40. The minimum Gasteiger partial charge on any atom is -0.464 e. The Morgan fingerprint density at radius 1 is 1.31 bits per heavy atom. The van der Waals surface area contributed by atoms with E-state index in [0.717, 1.165) is 0 Å². The highest BCUT2D eigenvalue weighted by Crippen LogP contribution is 2.53. The van der Waals surface area contributed by atoms with E-state index in [9.17, 15) is 19.6 Å². The third-order valence-electron chi connectivity index (χ3n) is 5.47. The summed E-state index contributed by atoms with van der Waals surface area (Å²) >= 11 is 6.00. The summed E-state index contributed by atoms with van der Waals surface area (Å²) < 4.78 is 5.27. The summed E-state index contributed by atoms with van der Waals surface area (Å²) in [7, 11) is 0. The molecule has 3 rings (SSSR count). The Balaban J connectivity index is 2.28. The number of hydrogen-bond donors (Lipinski definition) is 1. The molecule has 1 saturated heterocycles. The lowest BCUT2D eigenvalue weighted by Gasteiger charge is -2.32. The number of ketones is 1. The topological polar surface area (TPSA) is 113 Å². The summed E-state index contributed by atoms with van der Waals surface area (Å²) in [6, 6.07) is 7.08. The number of hydrogen-bond acceptors (Lipinski definition) is 6. The van der Waals surface area contributed by atoms with Crippen LogP contribution in [0.3, 0.4) is 0 Å². The number of nitrogens with two attached hydrogens (primary N) is 1. The molecule has 0 spiro atoms. The first-order chi connectivity index (χ1) is 13.8. The monoisotopic (exact) mass is 413 g/mol. The van der Waals surface area contributed by atoms with E-state index in [-0.39, 0.29) is 18.0 Å². The van der Waals surface area contributed by atoms with Gasteiger partial charge < -0.3 is 15.4 Å². The normalized spacial score (nSPS) is 27.6. The molecule has 4 atom stereocenters. The van der Waals surface area contributed by atoms with Crippen LogP contribution in [0.5, 0.6) is 0 Å². The van der Waals surface area contributed by atoms with Crippen molar-refractivity contribution >= 4 is 29.3 Å². The van der Waals surface area contributed by atoms with Crippen LogP contribution in [0.4, 0.5) is 0 Å². The maximum Gasteiger partial charge on any atom is 0.329 e. The molecular weight excluding hydrogens is 394 g/mol. The molecule has 2 heterocycles. The number of ether oxygens (including phenoxy) is 1. The van der Waals surface area contributed by atoms with Crippen molar-refractivity contribution in [3.05, 3.63) is 58.8 Å². The summed E-state index contributed by atoms with van der Waals surface area (Å²) in [6.07, 6.45) is 4.48. The van der Waals surface area contributed by atoms with Gasteiger partial charge in [-0.1, -0.05) is 29.8 Å². The van der Waals surface area contributed by atoms with Gasteiger partial charge >= 0.3 is 5.97 Å². The fourth-order valence-electron chi connectivity index (χ4n) is 4.21. The second kappa shape index (κ2) is 7.72. The number of fused-ring (bicyclic) bond motifs is 1. The Morgan fingerprint density at radius 2 is 1.97 bits per heavy atom. The summed E-state index contributed by atoms with van der Waals surface area (Å²) in [6.45, 7) is 3.13. The van der Waals surface area contributed by atoms with Crippen LogP contribution in [0.25, 0.3) is 0 Å². The molecule has 0 radical (unpaired) electrons. The lowest BCUT2D eigenvalue weighted by Crippen LogP contribution is -2.43. The number of benzene rings is 1. The molecule has 2 aliphatic heterocycles. The first-order valence-electron chi connectivity index (χ1n) is 9.09. The standard InChI is InChI=1S/C21H20ClN3O4/c1-3-29-20(28)18-17(13-4-7-15(22)8-5-13)21(11-23,12(2)26)16-9-6-14(19(24)27)10-25(16)18/h4-10,16-18H,3H2,1-2H3,(H2,24,27)/t16-,17-,18-,21-/m0/s1. The van der Waals surface area contributed by atoms with E-state index in [1.807, 2.05) is 0 Å². The third-order valence-corrected chi connectivity index (χ3v) is 5.72. The van der Waals surface area contributed by atoms with Gasteiger partial charge in [-0.2, -0.15) is 5.26 Å². The number of primary amides is 1. The highest BCUT2D eigenvalue weighted by Gasteiger charge is 2.64. The van der Waals surface area contributed by atoms with Crippen molar-refractivity contribution in [1.29, 1.82) is 5.26 Å². The molecule has 0 aliphatic carbocycles. The lowest BCUT2D eigenvalue weighted by molar-refractivity contribution is -0.148. The number of esters is 1. The molecule has 0 bridgehead atoms. The summed E-state index contributed by atoms with van der Waals surface area (Å²) in [4.78, 5) is 39.1. The predicted molar refractivity (Wildman–Crippen MR) is 105 cm³/mol. The number of nitrogens with zero attached hydrogens (tertiary/aromatic N) is 2. The van der Waals surface area contributed by atoms with Gasteiger partial charge in [0.1, 0.15) is 11.5 Å². The highest BCUT2D eigenvalue weighted by atomic mass is 35.5.